The second kappa shape index (κ2) is 11.5. The normalized spacial score (nSPS) is 17.4. The maximum absolute atomic E-state index is 10.3. The molecular weight excluding hydrogens is 316 g/mol. The van der Waals surface area contributed by atoms with Crippen molar-refractivity contribution >= 4 is 0 Å². The first-order valence-corrected chi connectivity index (χ1v) is 9.59. The highest BCUT2D eigenvalue weighted by Crippen LogP contribution is 2.16. The van der Waals surface area contributed by atoms with Crippen molar-refractivity contribution in [3.05, 3.63) is 29.8 Å². The van der Waals surface area contributed by atoms with Gasteiger partial charge in [0.25, 0.3) is 0 Å². The molecule has 1 saturated heterocycles. The van der Waals surface area contributed by atoms with Gasteiger partial charge in [-0.05, 0) is 57.1 Å². The number of ether oxygens (including phenoxy) is 1. The highest BCUT2D eigenvalue weighted by Gasteiger charge is 2.14. The summed E-state index contributed by atoms with van der Waals surface area (Å²) in [5.74, 6) is 0.808. The van der Waals surface area contributed by atoms with Crippen LogP contribution in [0, 0.1) is 0 Å². The fourth-order valence-electron chi connectivity index (χ4n) is 3.33. The number of rotatable bonds is 10. The van der Waals surface area contributed by atoms with Crippen molar-refractivity contribution in [3.8, 4) is 5.75 Å². The molecule has 142 valence electrons. The molecule has 0 aromatic heterocycles. The van der Waals surface area contributed by atoms with E-state index in [0.717, 1.165) is 38.3 Å². The molecule has 1 aromatic rings. The smallest absolute Gasteiger partial charge is 0.119 e. The van der Waals surface area contributed by atoms with Gasteiger partial charge in [-0.15, -0.1) is 0 Å². The van der Waals surface area contributed by atoms with Crippen LogP contribution in [0.3, 0.4) is 0 Å². The van der Waals surface area contributed by atoms with E-state index < -0.39 is 6.10 Å². The zero-order chi connectivity index (χ0) is 17.9. The molecule has 0 radical (unpaired) electrons. The van der Waals surface area contributed by atoms with Gasteiger partial charge in [-0.2, -0.15) is 0 Å². The highest BCUT2D eigenvalue weighted by atomic mass is 16.5. The highest BCUT2D eigenvalue weighted by molar-refractivity contribution is 5.28. The minimum absolute atomic E-state index is 0.225. The summed E-state index contributed by atoms with van der Waals surface area (Å²) in [6, 6.07) is 8.05. The van der Waals surface area contributed by atoms with Crippen LogP contribution in [0.1, 0.15) is 37.7 Å². The minimum atomic E-state index is -0.450. The molecular formula is C20H34N2O3. The van der Waals surface area contributed by atoms with Crippen molar-refractivity contribution in [1.82, 2.24) is 9.80 Å². The van der Waals surface area contributed by atoms with Crippen molar-refractivity contribution < 1.29 is 14.9 Å². The van der Waals surface area contributed by atoms with Crippen LogP contribution < -0.4 is 4.74 Å². The quantitative estimate of drug-likeness (QED) is 0.677. The van der Waals surface area contributed by atoms with Gasteiger partial charge in [-0.3, -0.25) is 0 Å². The van der Waals surface area contributed by atoms with E-state index in [2.05, 4.69) is 15.9 Å². The van der Waals surface area contributed by atoms with Gasteiger partial charge in [0, 0.05) is 26.2 Å². The summed E-state index contributed by atoms with van der Waals surface area (Å²) in [6.45, 7) is 5.13. The van der Waals surface area contributed by atoms with E-state index in [9.17, 15) is 5.11 Å². The van der Waals surface area contributed by atoms with Crippen LogP contribution >= 0.6 is 0 Å². The van der Waals surface area contributed by atoms with Gasteiger partial charge in [0.15, 0.2) is 0 Å². The fraction of sp³-hybridized carbons (Fsp3) is 0.700. The van der Waals surface area contributed by atoms with Crippen LogP contribution in [0.2, 0.25) is 0 Å². The van der Waals surface area contributed by atoms with Crippen molar-refractivity contribution in [2.24, 2.45) is 0 Å². The number of benzene rings is 1. The molecule has 0 spiro atoms. The van der Waals surface area contributed by atoms with Crippen LogP contribution in [0.5, 0.6) is 5.75 Å². The van der Waals surface area contributed by atoms with Crippen molar-refractivity contribution in [3.63, 3.8) is 0 Å². The maximum atomic E-state index is 10.3. The summed E-state index contributed by atoms with van der Waals surface area (Å²) in [5, 5.41) is 19.2. The van der Waals surface area contributed by atoms with Crippen LogP contribution in [0.15, 0.2) is 24.3 Å². The summed E-state index contributed by atoms with van der Waals surface area (Å²) in [4.78, 5) is 4.54. The lowest BCUT2D eigenvalue weighted by atomic mass is 10.2. The van der Waals surface area contributed by atoms with E-state index in [1.807, 2.05) is 25.2 Å². The van der Waals surface area contributed by atoms with Gasteiger partial charge in [-0.1, -0.05) is 25.0 Å². The van der Waals surface area contributed by atoms with Crippen LogP contribution in [-0.4, -0.2) is 72.6 Å². The molecule has 0 saturated carbocycles. The Morgan fingerprint density at radius 2 is 1.96 bits per heavy atom. The van der Waals surface area contributed by atoms with E-state index in [0.29, 0.717) is 13.2 Å². The number of hydrogen-bond donors (Lipinski definition) is 2. The standard InChI is InChI=1S/C20H34N2O3/c1-21(10-7-13-23)15-18-8-6-9-20(14-18)25-17-19(24)16-22-11-4-2-3-5-12-22/h6,8-9,14,19,23-24H,2-5,7,10-13,15-17H2,1H3/t19-/m0/s1. The van der Waals surface area contributed by atoms with Gasteiger partial charge in [0.05, 0.1) is 0 Å². The van der Waals surface area contributed by atoms with E-state index in [1.165, 1.54) is 31.2 Å². The second-order valence-electron chi connectivity index (χ2n) is 7.14. The van der Waals surface area contributed by atoms with Gasteiger partial charge < -0.3 is 24.7 Å². The molecule has 0 bridgehead atoms. The molecule has 0 aliphatic carbocycles. The first-order valence-electron chi connectivity index (χ1n) is 9.59. The SMILES string of the molecule is CN(CCCO)Cc1cccc(OC[C@@H](O)CN2CCCCCC2)c1. The minimum Gasteiger partial charge on any atom is -0.491 e. The first kappa shape index (κ1) is 20.2. The molecule has 5 nitrogen and oxygen atoms in total. The molecule has 0 unspecified atom stereocenters. The largest absolute Gasteiger partial charge is 0.491 e. The number of β-amino-alcohol motifs (C(OH)–C–C–N with tert-alkyl or cyclic N) is 1. The van der Waals surface area contributed by atoms with E-state index in [-0.39, 0.29) is 6.61 Å². The third-order valence-electron chi connectivity index (χ3n) is 4.66. The monoisotopic (exact) mass is 350 g/mol. The molecule has 1 fully saturated rings. The van der Waals surface area contributed by atoms with Crippen molar-refractivity contribution in [2.45, 2.75) is 44.8 Å². The zero-order valence-corrected chi connectivity index (χ0v) is 15.6. The van der Waals surface area contributed by atoms with Gasteiger partial charge in [0.2, 0.25) is 0 Å². The zero-order valence-electron chi connectivity index (χ0n) is 15.6. The van der Waals surface area contributed by atoms with E-state index >= 15 is 0 Å². The molecule has 1 atom stereocenters. The Morgan fingerprint density at radius 1 is 1.20 bits per heavy atom. The molecule has 2 N–H and O–H groups in total. The number of hydrogen-bond acceptors (Lipinski definition) is 5. The molecule has 25 heavy (non-hydrogen) atoms. The Balaban J connectivity index is 1.75. The summed E-state index contributed by atoms with van der Waals surface area (Å²) in [5.41, 5.74) is 1.18. The Morgan fingerprint density at radius 3 is 2.68 bits per heavy atom. The average molecular weight is 351 g/mol. The van der Waals surface area contributed by atoms with Crippen LogP contribution in [0.4, 0.5) is 0 Å². The Hall–Kier alpha value is -1.14. The van der Waals surface area contributed by atoms with E-state index in [4.69, 9.17) is 9.84 Å². The summed E-state index contributed by atoms with van der Waals surface area (Å²) in [6.07, 6.45) is 5.42. The van der Waals surface area contributed by atoms with Gasteiger partial charge in [-0.25, -0.2) is 0 Å². The molecule has 1 aliphatic heterocycles. The lowest BCUT2D eigenvalue weighted by Gasteiger charge is -2.23. The van der Waals surface area contributed by atoms with Gasteiger partial charge >= 0.3 is 0 Å². The van der Waals surface area contributed by atoms with Crippen LogP contribution in [-0.2, 0) is 6.54 Å². The molecule has 1 aromatic carbocycles. The lowest BCUT2D eigenvalue weighted by Crippen LogP contribution is -2.36. The Labute approximate surface area is 152 Å². The average Bonchev–Trinajstić information content (AvgIpc) is 2.87. The predicted molar refractivity (Wildman–Crippen MR) is 101 cm³/mol. The predicted octanol–water partition coefficient (Wildman–Crippen LogP) is 2.12. The number of aliphatic hydroxyl groups excluding tert-OH is 2. The molecule has 5 heteroatoms. The van der Waals surface area contributed by atoms with E-state index in [1.54, 1.807) is 0 Å². The summed E-state index contributed by atoms with van der Waals surface area (Å²) < 4.78 is 5.81. The fourth-order valence-corrected chi connectivity index (χ4v) is 3.33. The Bertz CT molecular complexity index is 476. The lowest BCUT2D eigenvalue weighted by molar-refractivity contribution is 0.0693. The topological polar surface area (TPSA) is 56.2 Å². The summed E-state index contributed by atoms with van der Waals surface area (Å²) in [7, 11) is 2.05. The van der Waals surface area contributed by atoms with Crippen LogP contribution in [0.25, 0.3) is 0 Å². The maximum Gasteiger partial charge on any atom is 0.119 e. The number of likely N-dealkylation sites (tertiary alicyclic amines) is 1. The molecule has 2 rings (SSSR count). The van der Waals surface area contributed by atoms with Crippen molar-refractivity contribution in [1.29, 1.82) is 0 Å². The van der Waals surface area contributed by atoms with Gasteiger partial charge in [0.1, 0.15) is 18.5 Å². The third-order valence-corrected chi connectivity index (χ3v) is 4.66. The Kier molecular flexibility index (Phi) is 9.26. The second-order valence-corrected chi connectivity index (χ2v) is 7.14. The number of nitrogens with zero attached hydrogens (tertiary/aromatic N) is 2. The molecule has 1 heterocycles. The third kappa shape index (κ3) is 8.19. The summed E-state index contributed by atoms with van der Waals surface area (Å²) >= 11 is 0. The number of aliphatic hydroxyl groups is 2. The first-order chi connectivity index (χ1) is 12.2. The molecule has 0 amide bonds. The van der Waals surface area contributed by atoms with Crippen molar-refractivity contribution in [2.75, 3.05) is 46.4 Å². The molecule has 1 aliphatic rings.